The second-order valence-electron chi connectivity index (χ2n) is 3.80. The van der Waals surface area contributed by atoms with Crippen LogP contribution in [0.1, 0.15) is 0 Å². The molecule has 3 rings (SSSR count). The van der Waals surface area contributed by atoms with Gasteiger partial charge in [-0.3, -0.25) is 0 Å². The SMILES string of the molecule is C[n+]1c(-c2ccccc2)[te]c2ccccc21.[I-]. The molecular formula is C14H12INTe. The van der Waals surface area contributed by atoms with Crippen LogP contribution in [0.4, 0.5) is 0 Å². The summed E-state index contributed by atoms with van der Waals surface area (Å²) in [7, 11) is 2.18. The van der Waals surface area contributed by atoms with E-state index in [4.69, 9.17) is 0 Å². The molecule has 0 aliphatic carbocycles. The molecule has 1 aromatic heterocycles. The molecule has 1 nitrogen and oxygen atoms in total. The van der Waals surface area contributed by atoms with Crippen LogP contribution in [0.25, 0.3) is 18.2 Å². The van der Waals surface area contributed by atoms with E-state index in [-0.39, 0.29) is 44.4 Å². The van der Waals surface area contributed by atoms with Gasteiger partial charge in [0.2, 0.25) is 0 Å². The molecule has 0 saturated carbocycles. The molecule has 0 spiro atoms. The molecular weight excluding hydrogens is 437 g/mol. The van der Waals surface area contributed by atoms with Gasteiger partial charge in [-0.2, -0.15) is 0 Å². The zero-order chi connectivity index (χ0) is 11.0. The number of aryl methyl sites for hydroxylation is 1. The van der Waals surface area contributed by atoms with Crippen LogP contribution in [0.15, 0.2) is 54.6 Å². The average Bonchev–Trinajstić information content (AvgIpc) is 2.69. The van der Waals surface area contributed by atoms with Crippen molar-refractivity contribution in [2.75, 3.05) is 0 Å². The normalized spacial score (nSPS) is 10.2. The fraction of sp³-hybridized carbons (Fsp3) is 0.0714. The molecule has 1 heterocycles. The third-order valence-electron chi connectivity index (χ3n) is 2.76. The number of rotatable bonds is 1. The minimum Gasteiger partial charge on any atom is -1.00 e. The summed E-state index contributed by atoms with van der Waals surface area (Å²) < 4.78 is 5.42. The number of nitrogens with zero attached hydrogens (tertiary/aromatic N) is 1. The van der Waals surface area contributed by atoms with E-state index in [0.29, 0.717) is 0 Å². The van der Waals surface area contributed by atoms with Crippen LogP contribution in [-0.2, 0) is 7.05 Å². The molecule has 0 bridgehead atoms. The largest absolute Gasteiger partial charge is 1.00 e. The molecule has 0 fully saturated rings. The Labute approximate surface area is 128 Å². The van der Waals surface area contributed by atoms with Crippen LogP contribution in [0, 0.1) is 0 Å². The van der Waals surface area contributed by atoms with Gasteiger partial charge in [0.1, 0.15) is 0 Å². The van der Waals surface area contributed by atoms with Crippen LogP contribution >= 0.6 is 0 Å². The molecule has 86 valence electrons. The average molecular weight is 449 g/mol. The molecule has 0 N–H and O–H groups in total. The van der Waals surface area contributed by atoms with E-state index in [1.807, 2.05) is 0 Å². The minimum atomic E-state index is -0.212. The molecule has 3 heteroatoms. The fourth-order valence-electron chi connectivity index (χ4n) is 1.94. The molecule has 2 aromatic carbocycles. The zero-order valence-electron chi connectivity index (χ0n) is 9.43. The molecule has 0 aliphatic rings. The molecule has 0 radical (unpaired) electrons. The van der Waals surface area contributed by atoms with Crippen LogP contribution in [0.5, 0.6) is 0 Å². The summed E-state index contributed by atoms with van der Waals surface area (Å²) in [5.41, 5.74) is 2.77. The summed E-state index contributed by atoms with van der Waals surface area (Å²) in [5, 5.41) is 0. The van der Waals surface area contributed by atoms with Crippen molar-refractivity contribution in [2.24, 2.45) is 7.05 Å². The summed E-state index contributed by atoms with van der Waals surface area (Å²) in [6, 6.07) is 19.5. The third-order valence-corrected chi connectivity index (χ3v) is 6.38. The Kier molecular flexibility index (Phi) is 4.24. The van der Waals surface area contributed by atoms with Gasteiger partial charge < -0.3 is 24.0 Å². The van der Waals surface area contributed by atoms with Gasteiger partial charge in [-0.25, -0.2) is 0 Å². The third kappa shape index (κ3) is 2.42. The maximum absolute atomic E-state index is 2.35. The van der Waals surface area contributed by atoms with E-state index in [1.54, 1.807) is 3.40 Å². The molecule has 0 aliphatic heterocycles. The van der Waals surface area contributed by atoms with Gasteiger partial charge in [0, 0.05) is 0 Å². The number of para-hydroxylation sites is 1. The molecule has 0 atom stereocenters. The van der Waals surface area contributed by atoms with Gasteiger partial charge in [0.15, 0.2) is 0 Å². The van der Waals surface area contributed by atoms with Gasteiger partial charge >= 0.3 is 105 Å². The van der Waals surface area contributed by atoms with E-state index in [9.17, 15) is 0 Å². The van der Waals surface area contributed by atoms with Gasteiger partial charge in [0.25, 0.3) is 0 Å². The van der Waals surface area contributed by atoms with Crippen LogP contribution in [-0.4, -0.2) is 20.4 Å². The summed E-state index contributed by atoms with van der Waals surface area (Å²) in [4.78, 5) is 0. The van der Waals surface area contributed by atoms with E-state index in [1.165, 1.54) is 14.8 Å². The predicted octanol–water partition coefficient (Wildman–Crippen LogP) is -0.608. The summed E-state index contributed by atoms with van der Waals surface area (Å²) in [5.74, 6) is 0. The minimum absolute atomic E-state index is 0. The number of halogens is 1. The number of hydrogen-bond acceptors (Lipinski definition) is 0. The topological polar surface area (TPSA) is 3.88 Å². The zero-order valence-corrected chi connectivity index (χ0v) is 13.9. The maximum Gasteiger partial charge on any atom is -1.00 e. The van der Waals surface area contributed by atoms with Gasteiger partial charge in [-0.1, -0.05) is 0 Å². The predicted molar refractivity (Wildman–Crippen MR) is 67.5 cm³/mol. The van der Waals surface area contributed by atoms with E-state index in [2.05, 4.69) is 66.2 Å². The molecule has 0 unspecified atom stereocenters. The number of fused-ring (bicyclic) bond motifs is 1. The van der Waals surface area contributed by atoms with Crippen molar-refractivity contribution < 1.29 is 28.5 Å². The van der Waals surface area contributed by atoms with Crippen molar-refractivity contribution in [1.29, 1.82) is 0 Å². The Bertz CT molecular complexity index is 631. The molecule has 0 amide bonds. The van der Waals surface area contributed by atoms with Gasteiger partial charge in [-0.05, 0) is 0 Å². The first-order valence-electron chi connectivity index (χ1n) is 5.29. The summed E-state index contributed by atoms with van der Waals surface area (Å²) in [6.07, 6.45) is 0. The monoisotopic (exact) mass is 451 g/mol. The van der Waals surface area contributed by atoms with Crippen molar-refractivity contribution in [3.05, 3.63) is 54.6 Å². The van der Waals surface area contributed by atoms with Crippen molar-refractivity contribution >= 4 is 29.3 Å². The molecule has 3 aromatic rings. The van der Waals surface area contributed by atoms with Gasteiger partial charge in [-0.15, -0.1) is 0 Å². The second kappa shape index (κ2) is 5.51. The smallest absolute Gasteiger partial charge is 1.00 e. The van der Waals surface area contributed by atoms with Crippen molar-refractivity contribution in [3.63, 3.8) is 0 Å². The van der Waals surface area contributed by atoms with E-state index < -0.39 is 0 Å². The number of benzene rings is 2. The Morgan fingerprint density at radius 1 is 0.882 bits per heavy atom. The summed E-state index contributed by atoms with van der Waals surface area (Å²) in [6.45, 7) is 0. The van der Waals surface area contributed by atoms with Gasteiger partial charge in [0.05, 0.1) is 0 Å². The van der Waals surface area contributed by atoms with Crippen LogP contribution in [0.3, 0.4) is 0 Å². The molecule has 17 heavy (non-hydrogen) atoms. The number of hydrogen-bond donors (Lipinski definition) is 0. The van der Waals surface area contributed by atoms with E-state index in [0.717, 1.165) is 0 Å². The van der Waals surface area contributed by atoms with Crippen LogP contribution < -0.4 is 28.5 Å². The second-order valence-corrected chi connectivity index (χ2v) is 6.74. The Balaban J connectivity index is 0.00000108. The first-order chi connectivity index (χ1) is 7.86. The maximum atomic E-state index is 2.35. The van der Waals surface area contributed by atoms with E-state index >= 15 is 0 Å². The van der Waals surface area contributed by atoms with Crippen molar-refractivity contribution in [2.45, 2.75) is 0 Å². The first kappa shape index (κ1) is 13.1. The first-order valence-corrected chi connectivity index (χ1v) is 7.62. The molecule has 0 saturated heterocycles. The Morgan fingerprint density at radius 2 is 1.53 bits per heavy atom. The van der Waals surface area contributed by atoms with Crippen molar-refractivity contribution in [3.8, 4) is 9.27 Å². The Morgan fingerprint density at radius 3 is 2.24 bits per heavy atom. The number of aromatic nitrogens is 1. The Hall–Kier alpha value is -0.370. The quantitative estimate of drug-likeness (QED) is 0.266. The standard InChI is InChI=1S/C14H12NTe.HI/c1-15-12-9-5-6-10-13(12)16-14(15)11-7-3-2-4-8-11;/h2-10H,1H3;1H/q+1;/p-1. The van der Waals surface area contributed by atoms with Crippen LogP contribution in [0.2, 0.25) is 0 Å². The van der Waals surface area contributed by atoms with Crippen molar-refractivity contribution in [1.82, 2.24) is 0 Å². The fourth-order valence-corrected chi connectivity index (χ4v) is 5.23. The summed E-state index contributed by atoms with van der Waals surface area (Å²) >= 11 is -0.212.